The quantitative estimate of drug-likeness (QED) is 0.821. The number of piperidine rings is 1. The van der Waals surface area contributed by atoms with Crippen molar-refractivity contribution in [2.45, 2.75) is 65.3 Å². The van der Waals surface area contributed by atoms with Crippen molar-refractivity contribution in [1.82, 2.24) is 10.6 Å². The Morgan fingerprint density at radius 1 is 1.10 bits per heavy atom. The average molecular weight is 290 g/mol. The van der Waals surface area contributed by atoms with Gasteiger partial charge in [0.15, 0.2) is 0 Å². The first-order valence-electron chi connectivity index (χ1n) is 8.89. The molecule has 1 saturated heterocycles. The minimum absolute atomic E-state index is 0.277. The van der Waals surface area contributed by atoms with Crippen LogP contribution in [-0.4, -0.2) is 25.0 Å². The number of hydrogen-bond donors (Lipinski definition) is 2. The Balaban J connectivity index is 1.46. The fraction of sp³-hybridized carbons (Fsp3) is 0.944. The van der Waals surface area contributed by atoms with Gasteiger partial charge >= 0.3 is 0 Å². The van der Waals surface area contributed by atoms with Crippen molar-refractivity contribution in [2.75, 3.05) is 13.1 Å². The molecule has 4 aliphatic rings. The summed E-state index contributed by atoms with van der Waals surface area (Å²) in [5.74, 6) is 1.47. The van der Waals surface area contributed by atoms with Crippen LogP contribution in [0.4, 0.5) is 0 Å². The largest absolute Gasteiger partial charge is 0.352 e. The number of rotatable bonds is 2. The lowest BCUT2D eigenvalue weighted by Crippen LogP contribution is -2.53. The highest BCUT2D eigenvalue weighted by molar-refractivity contribution is 5.83. The molecular formula is C18H30N2O. The molecule has 4 fully saturated rings. The Bertz CT molecular complexity index is 461. The van der Waals surface area contributed by atoms with Crippen LogP contribution in [0, 0.1) is 28.1 Å². The Morgan fingerprint density at radius 2 is 1.81 bits per heavy atom. The number of amides is 1. The van der Waals surface area contributed by atoms with Gasteiger partial charge in [0.1, 0.15) is 0 Å². The molecule has 2 N–H and O–H groups in total. The molecule has 4 atom stereocenters. The zero-order chi connectivity index (χ0) is 14.9. The van der Waals surface area contributed by atoms with Crippen molar-refractivity contribution in [1.29, 1.82) is 0 Å². The van der Waals surface area contributed by atoms with Crippen LogP contribution in [-0.2, 0) is 4.79 Å². The lowest BCUT2D eigenvalue weighted by molar-refractivity contribution is -0.126. The smallest absolute Gasteiger partial charge is 0.223 e. The molecule has 1 amide bonds. The van der Waals surface area contributed by atoms with Crippen LogP contribution < -0.4 is 10.6 Å². The van der Waals surface area contributed by atoms with E-state index < -0.39 is 0 Å². The maximum atomic E-state index is 12.8. The monoisotopic (exact) mass is 290 g/mol. The van der Waals surface area contributed by atoms with Crippen molar-refractivity contribution >= 4 is 5.91 Å². The number of carbonyl (C=O) groups excluding carboxylic acids is 1. The maximum Gasteiger partial charge on any atom is 0.223 e. The van der Waals surface area contributed by atoms with Crippen LogP contribution >= 0.6 is 0 Å². The van der Waals surface area contributed by atoms with Gasteiger partial charge in [-0.25, -0.2) is 0 Å². The van der Waals surface area contributed by atoms with E-state index in [1.165, 1.54) is 32.1 Å². The highest BCUT2D eigenvalue weighted by Crippen LogP contribution is 2.63. The second-order valence-electron chi connectivity index (χ2n) is 9.23. The van der Waals surface area contributed by atoms with Gasteiger partial charge in [0, 0.05) is 12.0 Å². The molecule has 2 bridgehead atoms. The van der Waals surface area contributed by atoms with Gasteiger partial charge in [-0.05, 0) is 73.8 Å². The molecule has 3 aliphatic carbocycles. The summed E-state index contributed by atoms with van der Waals surface area (Å²) in [7, 11) is 0. The molecule has 3 saturated carbocycles. The molecule has 0 aromatic rings. The molecule has 1 heterocycles. The number of nitrogens with one attached hydrogen (secondary N) is 2. The fourth-order valence-electron chi connectivity index (χ4n) is 6.10. The van der Waals surface area contributed by atoms with Crippen LogP contribution in [0.15, 0.2) is 0 Å². The van der Waals surface area contributed by atoms with Gasteiger partial charge in [-0.2, -0.15) is 0 Å². The van der Waals surface area contributed by atoms with Crippen molar-refractivity contribution < 1.29 is 4.79 Å². The van der Waals surface area contributed by atoms with Gasteiger partial charge < -0.3 is 10.6 Å². The van der Waals surface area contributed by atoms with Crippen LogP contribution in [0.3, 0.4) is 0 Å². The van der Waals surface area contributed by atoms with Crippen molar-refractivity contribution in [3.05, 3.63) is 0 Å². The Hall–Kier alpha value is -0.570. The average Bonchev–Trinajstić information content (AvgIpc) is 2.89. The lowest BCUT2D eigenvalue weighted by atomic mass is 9.68. The van der Waals surface area contributed by atoms with Crippen molar-refractivity contribution in [2.24, 2.45) is 28.1 Å². The van der Waals surface area contributed by atoms with E-state index in [1.807, 2.05) is 0 Å². The van der Waals surface area contributed by atoms with E-state index in [1.54, 1.807) is 0 Å². The summed E-state index contributed by atoms with van der Waals surface area (Å²) in [4.78, 5) is 12.8. The molecule has 3 heteroatoms. The van der Waals surface area contributed by atoms with Crippen LogP contribution in [0.2, 0.25) is 0 Å². The van der Waals surface area contributed by atoms with Crippen molar-refractivity contribution in [3.63, 3.8) is 0 Å². The summed E-state index contributed by atoms with van der Waals surface area (Å²) >= 11 is 0. The minimum atomic E-state index is 0.277. The third-order valence-electron chi connectivity index (χ3n) is 7.66. The topological polar surface area (TPSA) is 41.1 Å². The van der Waals surface area contributed by atoms with E-state index in [0.717, 1.165) is 25.4 Å². The van der Waals surface area contributed by atoms with Crippen LogP contribution in [0.1, 0.15) is 59.3 Å². The van der Waals surface area contributed by atoms with Crippen LogP contribution in [0.25, 0.3) is 0 Å². The SMILES string of the molecule is CC12CCC(C1)C(C)(C)C2NC(=O)C1CC12CCNCC2. The number of fused-ring (bicyclic) bond motifs is 2. The van der Waals surface area contributed by atoms with Gasteiger partial charge in [-0.15, -0.1) is 0 Å². The van der Waals surface area contributed by atoms with E-state index in [2.05, 4.69) is 31.4 Å². The maximum absolute atomic E-state index is 12.8. The Kier molecular flexibility index (Phi) is 2.84. The summed E-state index contributed by atoms with van der Waals surface area (Å²) in [6.07, 6.45) is 7.48. The predicted octanol–water partition coefficient (Wildman–Crippen LogP) is 2.71. The van der Waals surface area contributed by atoms with E-state index in [9.17, 15) is 4.79 Å². The summed E-state index contributed by atoms with van der Waals surface area (Å²) in [6, 6.07) is 0.385. The van der Waals surface area contributed by atoms with Gasteiger partial charge in [0.2, 0.25) is 5.91 Å². The summed E-state index contributed by atoms with van der Waals surface area (Å²) in [5.41, 5.74) is 0.983. The third kappa shape index (κ3) is 1.92. The molecule has 0 aromatic heterocycles. The Labute approximate surface area is 128 Å². The third-order valence-corrected chi connectivity index (χ3v) is 7.66. The molecule has 118 valence electrons. The molecule has 1 aliphatic heterocycles. The van der Waals surface area contributed by atoms with Gasteiger partial charge in [0.25, 0.3) is 0 Å². The standard InChI is InChI=1S/C18H30N2O/c1-16(2)12-4-5-17(3,10-12)15(16)20-14(21)13-11-18(13)6-8-19-9-7-18/h12-13,15,19H,4-11H2,1-3H3,(H,20,21). The van der Waals surface area contributed by atoms with E-state index >= 15 is 0 Å². The second kappa shape index (κ2) is 4.24. The highest BCUT2D eigenvalue weighted by Gasteiger charge is 2.62. The number of carbonyl (C=O) groups is 1. The molecule has 21 heavy (non-hydrogen) atoms. The van der Waals surface area contributed by atoms with E-state index in [0.29, 0.717) is 28.7 Å². The molecule has 1 spiro atoms. The molecule has 4 unspecified atom stereocenters. The van der Waals surface area contributed by atoms with E-state index in [-0.39, 0.29) is 5.41 Å². The fourth-order valence-corrected chi connectivity index (χ4v) is 6.10. The minimum Gasteiger partial charge on any atom is -0.352 e. The zero-order valence-electron chi connectivity index (χ0n) is 13.8. The van der Waals surface area contributed by atoms with E-state index in [4.69, 9.17) is 0 Å². The van der Waals surface area contributed by atoms with Gasteiger partial charge in [0.05, 0.1) is 0 Å². The first-order chi connectivity index (χ1) is 9.87. The molecular weight excluding hydrogens is 260 g/mol. The molecule has 0 radical (unpaired) electrons. The summed E-state index contributed by atoms with van der Waals surface area (Å²) in [6.45, 7) is 9.34. The predicted molar refractivity (Wildman–Crippen MR) is 83.8 cm³/mol. The van der Waals surface area contributed by atoms with Gasteiger partial charge in [-0.3, -0.25) is 4.79 Å². The first kappa shape index (κ1) is 14.0. The summed E-state index contributed by atoms with van der Waals surface area (Å²) < 4.78 is 0. The molecule has 3 nitrogen and oxygen atoms in total. The first-order valence-corrected chi connectivity index (χ1v) is 8.89. The summed E-state index contributed by atoms with van der Waals surface area (Å²) in [5, 5.41) is 6.94. The zero-order valence-corrected chi connectivity index (χ0v) is 13.8. The highest BCUT2D eigenvalue weighted by atomic mass is 16.2. The van der Waals surface area contributed by atoms with Crippen molar-refractivity contribution in [3.8, 4) is 0 Å². The lowest BCUT2D eigenvalue weighted by Gasteiger charge is -2.43. The Morgan fingerprint density at radius 3 is 2.43 bits per heavy atom. The molecule has 0 aromatic carbocycles. The normalized spacial score (nSPS) is 45.8. The number of hydrogen-bond acceptors (Lipinski definition) is 2. The second-order valence-corrected chi connectivity index (χ2v) is 9.23. The van der Waals surface area contributed by atoms with Gasteiger partial charge in [-0.1, -0.05) is 20.8 Å². The van der Waals surface area contributed by atoms with Crippen LogP contribution in [0.5, 0.6) is 0 Å². The molecule has 4 rings (SSSR count).